The van der Waals surface area contributed by atoms with Gasteiger partial charge in [0.15, 0.2) is 0 Å². The molecule has 1 N–H and O–H groups in total. The average molecular weight is 284 g/mol. The van der Waals surface area contributed by atoms with Crippen LogP contribution in [0.25, 0.3) is 6.08 Å². The molecule has 1 aromatic rings. The quantitative estimate of drug-likeness (QED) is 0.855. The Morgan fingerprint density at radius 3 is 2.20 bits per heavy atom. The third kappa shape index (κ3) is 3.85. The Morgan fingerprint density at radius 1 is 1.10 bits per heavy atom. The summed E-state index contributed by atoms with van der Waals surface area (Å²) in [6.45, 7) is -0.0221. The number of benzene rings is 1. The summed E-state index contributed by atoms with van der Waals surface area (Å²) in [5.41, 5.74) is 1.01. The molecule has 1 aliphatic carbocycles. The lowest BCUT2D eigenvalue weighted by atomic mass is 9.83. The van der Waals surface area contributed by atoms with Crippen molar-refractivity contribution in [2.45, 2.75) is 38.3 Å². The minimum atomic E-state index is -4.30. The van der Waals surface area contributed by atoms with E-state index in [1.54, 1.807) is 0 Å². The van der Waals surface area contributed by atoms with E-state index in [0.717, 1.165) is 43.4 Å². The maximum Gasteiger partial charge on any atom is 0.416 e. The Labute approximate surface area is 117 Å². The molecule has 1 saturated carbocycles. The molecule has 4 heteroatoms. The van der Waals surface area contributed by atoms with Gasteiger partial charge in [-0.2, -0.15) is 13.2 Å². The lowest BCUT2D eigenvalue weighted by molar-refractivity contribution is -0.137. The van der Waals surface area contributed by atoms with Gasteiger partial charge >= 0.3 is 6.18 Å². The Bertz CT molecular complexity index is 454. The fourth-order valence-corrected chi connectivity index (χ4v) is 2.75. The first kappa shape index (κ1) is 15.1. The number of halogens is 3. The highest BCUT2D eigenvalue weighted by molar-refractivity contribution is 5.54. The molecule has 0 unspecified atom stereocenters. The first-order valence-corrected chi connectivity index (χ1v) is 6.99. The first-order valence-electron chi connectivity index (χ1n) is 6.99. The van der Waals surface area contributed by atoms with E-state index in [1.165, 1.54) is 18.6 Å². The highest BCUT2D eigenvalue weighted by Crippen LogP contribution is 2.32. The molecular weight excluding hydrogens is 265 g/mol. The molecule has 0 saturated heterocycles. The number of rotatable bonds is 3. The van der Waals surface area contributed by atoms with Crippen LogP contribution in [0.5, 0.6) is 0 Å². The summed E-state index contributed by atoms with van der Waals surface area (Å²) in [6, 6.07) is 5.09. The molecule has 1 aliphatic rings. The molecule has 0 aromatic heterocycles. The van der Waals surface area contributed by atoms with E-state index in [9.17, 15) is 18.3 Å². The smallest absolute Gasteiger partial charge is 0.392 e. The first-order chi connectivity index (χ1) is 9.50. The lowest BCUT2D eigenvalue weighted by Crippen LogP contribution is -2.11. The van der Waals surface area contributed by atoms with Crippen molar-refractivity contribution in [3.63, 3.8) is 0 Å². The van der Waals surface area contributed by atoms with Crippen molar-refractivity contribution >= 4 is 6.08 Å². The molecule has 0 amide bonds. The average Bonchev–Trinajstić information content (AvgIpc) is 2.45. The predicted octanol–water partition coefficient (Wildman–Crippen LogP) is 4.66. The van der Waals surface area contributed by atoms with Crippen LogP contribution in [0.2, 0.25) is 0 Å². The number of hydrogen-bond donors (Lipinski definition) is 1. The van der Waals surface area contributed by atoms with Gasteiger partial charge in [-0.3, -0.25) is 0 Å². The second-order valence-corrected chi connectivity index (χ2v) is 5.33. The Morgan fingerprint density at radius 2 is 1.70 bits per heavy atom. The van der Waals surface area contributed by atoms with Crippen molar-refractivity contribution in [3.05, 3.63) is 41.0 Å². The van der Waals surface area contributed by atoms with Gasteiger partial charge in [-0.25, -0.2) is 0 Å². The highest BCUT2D eigenvalue weighted by atomic mass is 19.4. The van der Waals surface area contributed by atoms with Crippen LogP contribution in [-0.4, -0.2) is 11.7 Å². The van der Waals surface area contributed by atoms with E-state index in [0.29, 0.717) is 11.5 Å². The zero-order valence-electron chi connectivity index (χ0n) is 11.3. The van der Waals surface area contributed by atoms with Crippen molar-refractivity contribution in [2.24, 2.45) is 5.92 Å². The maximum atomic E-state index is 12.5. The van der Waals surface area contributed by atoms with E-state index < -0.39 is 11.7 Å². The van der Waals surface area contributed by atoms with E-state index in [2.05, 4.69) is 0 Å². The van der Waals surface area contributed by atoms with Gasteiger partial charge in [0.1, 0.15) is 0 Å². The second kappa shape index (κ2) is 6.44. The van der Waals surface area contributed by atoms with Crippen LogP contribution >= 0.6 is 0 Å². The minimum absolute atomic E-state index is 0.0221. The van der Waals surface area contributed by atoms with E-state index in [1.807, 2.05) is 6.08 Å². The number of aliphatic hydroxyl groups is 1. The zero-order chi connectivity index (χ0) is 14.6. The molecule has 20 heavy (non-hydrogen) atoms. The molecule has 1 aromatic carbocycles. The van der Waals surface area contributed by atoms with E-state index in [-0.39, 0.29) is 6.61 Å². The van der Waals surface area contributed by atoms with Crippen molar-refractivity contribution in [1.82, 2.24) is 0 Å². The predicted molar refractivity (Wildman–Crippen MR) is 73.1 cm³/mol. The van der Waals surface area contributed by atoms with Gasteiger partial charge in [0, 0.05) is 0 Å². The normalized spacial score (nSPS) is 18.3. The second-order valence-electron chi connectivity index (χ2n) is 5.33. The molecule has 0 aliphatic heterocycles. The monoisotopic (exact) mass is 284 g/mol. The highest BCUT2D eigenvalue weighted by Gasteiger charge is 2.29. The number of alkyl halides is 3. The Kier molecular flexibility index (Phi) is 4.86. The molecule has 0 radical (unpaired) electrons. The Hall–Kier alpha value is -1.29. The maximum absolute atomic E-state index is 12.5. The van der Waals surface area contributed by atoms with Crippen molar-refractivity contribution < 1.29 is 18.3 Å². The largest absolute Gasteiger partial charge is 0.416 e. The van der Waals surface area contributed by atoms with Gasteiger partial charge in [0.25, 0.3) is 0 Å². The van der Waals surface area contributed by atoms with Gasteiger partial charge in [0.2, 0.25) is 0 Å². The van der Waals surface area contributed by atoms with Crippen molar-refractivity contribution in [1.29, 1.82) is 0 Å². The summed E-state index contributed by atoms with van der Waals surface area (Å²) in [7, 11) is 0. The summed E-state index contributed by atoms with van der Waals surface area (Å²) in [4.78, 5) is 0. The summed E-state index contributed by atoms with van der Waals surface area (Å²) in [6.07, 6.45) is 3.21. The van der Waals surface area contributed by atoms with Crippen LogP contribution in [0.1, 0.15) is 43.2 Å². The number of hydrogen-bond acceptors (Lipinski definition) is 1. The topological polar surface area (TPSA) is 20.2 Å². The minimum Gasteiger partial charge on any atom is -0.392 e. The summed E-state index contributed by atoms with van der Waals surface area (Å²) in [5.74, 6) is 0.371. The fraction of sp³-hybridized carbons (Fsp3) is 0.500. The zero-order valence-corrected chi connectivity index (χ0v) is 11.3. The lowest BCUT2D eigenvalue weighted by Gasteiger charge is -2.23. The third-order valence-corrected chi connectivity index (χ3v) is 3.90. The van der Waals surface area contributed by atoms with Crippen molar-refractivity contribution in [2.75, 3.05) is 6.61 Å². The summed E-state index contributed by atoms with van der Waals surface area (Å²) in [5, 5.41) is 9.48. The Balaban J connectivity index is 2.15. The van der Waals surface area contributed by atoms with Crippen LogP contribution in [-0.2, 0) is 6.18 Å². The molecule has 110 valence electrons. The van der Waals surface area contributed by atoms with Crippen LogP contribution in [0.4, 0.5) is 13.2 Å². The van der Waals surface area contributed by atoms with Crippen LogP contribution in [0.3, 0.4) is 0 Å². The van der Waals surface area contributed by atoms with Gasteiger partial charge in [-0.05, 0) is 42.0 Å². The number of aliphatic hydroxyl groups excluding tert-OH is 1. The molecule has 0 bridgehead atoms. The fourth-order valence-electron chi connectivity index (χ4n) is 2.75. The molecule has 0 spiro atoms. The molecular formula is C16H19F3O. The molecule has 2 rings (SSSR count). The standard InChI is InChI=1S/C16H19F3O/c17-16(18,19)15-8-6-12(7-9-15)10-14(11-20)13-4-2-1-3-5-13/h6-10,13,20H,1-5,11H2/b14-10-. The summed E-state index contributed by atoms with van der Waals surface area (Å²) >= 11 is 0. The SMILES string of the molecule is OC/C(=C/c1ccc(C(F)(F)F)cc1)C1CCCCC1. The van der Waals surface area contributed by atoms with Gasteiger partial charge in [-0.1, -0.05) is 37.5 Å². The van der Waals surface area contributed by atoms with Gasteiger partial charge in [-0.15, -0.1) is 0 Å². The van der Waals surface area contributed by atoms with Crippen LogP contribution in [0.15, 0.2) is 29.8 Å². The molecule has 0 heterocycles. The van der Waals surface area contributed by atoms with Crippen LogP contribution in [0, 0.1) is 5.92 Å². The van der Waals surface area contributed by atoms with E-state index >= 15 is 0 Å². The van der Waals surface area contributed by atoms with Crippen LogP contribution < -0.4 is 0 Å². The van der Waals surface area contributed by atoms with Crippen molar-refractivity contribution in [3.8, 4) is 0 Å². The van der Waals surface area contributed by atoms with Gasteiger partial charge in [0.05, 0.1) is 12.2 Å². The van der Waals surface area contributed by atoms with E-state index in [4.69, 9.17) is 0 Å². The summed E-state index contributed by atoms with van der Waals surface area (Å²) < 4.78 is 37.5. The molecule has 0 atom stereocenters. The molecule has 1 fully saturated rings. The molecule has 1 nitrogen and oxygen atoms in total. The third-order valence-electron chi connectivity index (χ3n) is 3.90. The van der Waals surface area contributed by atoms with Gasteiger partial charge < -0.3 is 5.11 Å².